The van der Waals surface area contributed by atoms with Crippen molar-refractivity contribution in [3.63, 3.8) is 0 Å². The maximum Gasteiger partial charge on any atom is 0.278 e. The molecule has 0 saturated carbocycles. The van der Waals surface area contributed by atoms with Crippen LogP contribution in [0.5, 0.6) is 5.75 Å². The molecule has 0 bridgehead atoms. The number of amides is 2. The molecule has 0 radical (unpaired) electrons. The molecule has 4 rings (SSSR count). The highest BCUT2D eigenvalue weighted by Crippen LogP contribution is 2.34. The summed E-state index contributed by atoms with van der Waals surface area (Å²) >= 11 is 0. The Morgan fingerprint density at radius 1 is 0.969 bits per heavy atom. The van der Waals surface area contributed by atoms with Gasteiger partial charge in [-0.2, -0.15) is 0 Å². The molecule has 7 nitrogen and oxygen atoms in total. The summed E-state index contributed by atoms with van der Waals surface area (Å²) < 4.78 is 19.5. The molecule has 2 amide bonds. The highest BCUT2D eigenvalue weighted by molar-refractivity contribution is 6.35. The lowest BCUT2D eigenvalue weighted by atomic mass is 10.0. The zero-order valence-corrected chi connectivity index (χ0v) is 18.0. The van der Waals surface area contributed by atoms with Crippen LogP contribution < -0.4 is 4.74 Å². The van der Waals surface area contributed by atoms with E-state index in [-0.39, 0.29) is 18.7 Å². The maximum absolute atomic E-state index is 14.3. The molecule has 1 saturated heterocycles. The Hall–Kier alpha value is -3.23. The zero-order valence-electron chi connectivity index (χ0n) is 18.0. The summed E-state index contributed by atoms with van der Waals surface area (Å²) in [6.45, 7) is 2.99. The first-order chi connectivity index (χ1) is 15.5. The summed E-state index contributed by atoms with van der Waals surface area (Å²) in [5.74, 6) is -0.658. The van der Waals surface area contributed by atoms with Crippen LogP contribution in [0.25, 0.3) is 5.57 Å². The third-order valence-corrected chi connectivity index (χ3v) is 5.91. The van der Waals surface area contributed by atoms with E-state index in [0.717, 1.165) is 4.90 Å². The molecule has 2 aliphatic heterocycles. The number of carbonyl (C=O) groups is 2. The molecule has 0 aliphatic carbocycles. The lowest BCUT2D eigenvalue weighted by molar-refractivity contribution is -0.138. The van der Waals surface area contributed by atoms with Gasteiger partial charge in [-0.1, -0.05) is 30.3 Å². The monoisotopic (exact) mass is 439 g/mol. The van der Waals surface area contributed by atoms with Gasteiger partial charge in [0.25, 0.3) is 11.8 Å². The van der Waals surface area contributed by atoms with Gasteiger partial charge in [-0.3, -0.25) is 19.4 Å². The summed E-state index contributed by atoms with van der Waals surface area (Å²) in [5, 5.41) is 9.19. The number of hydrogen-bond acceptors (Lipinski definition) is 6. The van der Waals surface area contributed by atoms with Gasteiger partial charge < -0.3 is 14.7 Å². The van der Waals surface area contributed by atoms with Crippen molar-refractivity contribution in [3.05, 3.63) is 71.2 Å². The van der Waals surface area contributed by atoms with Gasteiger partial charge in [-0.15, -0.1) is 0 Å². The van der Waals surface area contributed by atoms with Crippen molar-refractivity contribution in [2.45, 2.75) is 6.54 Å². The van der Waals surface area contributed by atoms with Gasteiger partial charge in [0.2, 0.25) is 0 Å². The van der Waals surface area contributed by atoms with Crippen molar-refractivity contribution in [2.24, 2.45) is 0 Å². The summed E-state index contributed by atoms with van der Waals surface area (Å²) in [6.07, 6.45) is 0. The number of piperazine rings is 1. The first-order valence-corrected chi connectivity index (χ1v) is 10.6. The number of nitrogens with zero attached hydrogens (tertiary/aromatic N) is 3. The van der Waals surface area contributed by atoms with E-state index in [1.165, 1.54) is 6.07 Å². The molecule has 0 spiro atoms. The number of halogens is 1. The second-order valence-corrected chi connectivity index (χ2v) is 7.79. The minimum absolute atomic E-state index is 0.0770. The molecule has 2 heterocycles. The van der Waals surface area contributed by atoms with Gasteiger partial charge in [0.05, 0.1) is 25.8 Å². The van der Waals surface area contributed by atoms with E-state index in [1.807, 2.05) is 4.90 Å². The van der Waals surface area contributed by atoms with Crippen molar-refractivity contribution in [1.82, 2.24) is 14.7 Å². The summed E-state index contributed by atoms with van der Waals surface area (Å²) in [6, 6.07) is 13.2. The Bertz CT molecular complexity index is 1030. The third-order valence-electron chi connectivity index (χ3n) is 5.91. The van der Waals surface area contributed by atoms with Crippen molar-refractivity contribution in [1.29, 1.82) is 0 Å². The molecule has 2 aromatic carbocycles. The predicted molar refractivity (Wildman–Crippen MR) is 117 cm³/mol. The molecule has 2 aliphatic rings. The fourth-order valence-electron chi connectivity index (χ4n) is 4.15. The average Bonchev–Trinajstić information content (AvgIpc) is 3.06. The van der Waals surface area contributed by atoms with Gasteiger partial charge in [-0.05, 0) is 23.8 Å². The van der Waals surface area contributed by atoms with Crippen LogP contribution in [0.4, 0.5) is 4.39 Å². The molecule has 0 aromatic heterocycles. The fourth-order valence-corrected chi connectivity index (χ4v) is 4.15. The number of β-amino-alcohol motifs (C(OH)–C–C–N with tert-alkyl or cyclic N) is 1. The maximum atomic E-state index is 14.3. The number of hydrogen-bond donors (Lipinski definition) is 1. The van der Waals surface area contributed by atoms with Gasteiger partial charge in [0.15, 0.2) is 0 Å². The number of rotatable bonds is 7. The number of aliphatic hydroxyl groups is 1. The predicted octanol–water partition coefficient (Wildman–Crippen LogP) is 1.72. The molecular weight excluding hydrogens is 413 g/mol. The second-order valence-electron chi connectivity index (χ2n) is 7.79. The van der Waals surface area contributed by atoms with Crippen molar-refractivity contribution >= 4 is 17.4 Å². The molecule has 32 heavy (non-hydrogen) atoms. The number of imide groups is 1. The minimum atomic E-state index is -0.454. The quantitative estimate of drug-likeness (QED) is 0.663. The fraction of sp³-hybridized carbons (Fsp3) is 0.333. The Kier molecular flexibility index (Phi) is 6.53. The third kappa shape index (κ3) is 4.24. The lowest BCUT2D eigenvalue weighted by Gasteiger charge is -2.36. The van der Waals surface area contributed by atoms with Crippen LogP contribution in [0, 0.1) is 5.82 Å². The van der Waals surface area contributed by atoms with Crippen LogP contribution in [0.15, 0.2) is 54.2 Å². The number of aliphatic hydroxyl groups excluding tert-OH is 1. The minimum Gasteiger partial charge on any atom is -0.497 e. The van der Waals surface area contributed by atoms with E-state index in [0.29, 0.717) is 55.3 Å². The highest BCUT2D eigenvalue weighted by Gasteiger charge is 2.42. The summed E-state index contributed by atoms with van der Waals surface area (Å²) in [5.41, 5.74) is 1.58. The molecule has 0 atom stereocenters. The number of ether oxygens (including phenoxy) is 1. The molecule has 1 fully saturated rings. The van der Waals surface area contributed by atoms with Crippen molar-refractivity contribution in [3.8, 4) is 5.75 Å². The number of benzene rings is 2. The summed E-state index contributed by atoms with van der Waals surface area (Å²) in [7, 11) is 1.56. The molecule has 1 N–H and O–H groups in total. The molecular formula is C24H26FN3O4. The molecule has 168 valence electrons. The second kappa shape index (κ2) is 9.50. The average molecular weight is 439 g/mol. The van der Waals surface area contributed by atoms with Crippen molar-refractivity contribution in [2.75, 3.05) is 46.4 Å². The largest absolute Gasteiger partial charge is 0.497 e. The molecule has 0 unspecified atom stereocenters. The van der Waals surface area contributed by atoms with Crippen LogP contribution in [0.2, 0.25) is 0 Å². The van der Waals surface area contributed by atoms with E-state index in [4.69, 9.17) is 4.74 Å². The first-order valence-electron chi connectivity index (χ1n) is 10.6. The Balaban J connectivity index is 1.68. The van der Waals surface area contributed by atoms with E-state index in [2.05, 4.69) is 4.90 Å². The van der Waals surface area contributed by atoms with Gasteiger partial charge >= 0.3 is 0 Å². The normalized spacial score (nSPS) is 17.5. The molecule has 2 aromatic rings. The SMILES string of the molecule is COc1ccc(C2=C(N3CCN(CCO)CC3)C(=O)N(Cc3ccccc3F)C2=O)cc1. The van der Waals surface area contributed by atoms with E-state index in [1.54, 1.807) is 49.6 Å². The van der Waals surface area contributed by atoms with Crippen LogP contribution in [0.1, 0.15) is 11.1 Å². The Labute approximate surface area is 186 Å². The van der Waals surface area contributed by atoms with Gasteiger partial charge in [0.1, 0.15) is 17.3 Å². The van der Waals surface area contributed by atoms with Crippen LogP contribution in [-0.4, -0.2) is 78.1 Å². The smallest absolute Gasteiger partial charge is 0.278 e. The topological polar surface area (TPSA) is 73.3 Å². The van der Waals surface area contributed by atoms with E-state index >= 15 is 0 Å². The van der Waals surface area contributed by atoms with Gasteiger partial charge in [0, 0.05) is 38.3 Å². The number of methoxy groups -OCH3 is 1. The standard InChI is InChI=1S/C24H26FN3O4/c1-32-19-8-6-17(7-9-19)21-22(27-12-10-26(11-13-27)14-15-29)24(31)28(23(21)30)16-18-4-2-3-5-20(18)25/h2-9,29H,10-16H2,1H3. The highest BCUT2D eigenvalue weighted by atomic mass is 19.1. The van der Waals surface area contributed by atoms with E-state index in [9.17, 15) is 19.1 Å². The first kappa shape index (κ1) is 22.0. The van der Waals surface area contributed by atoms with E-state index < -0.39 is 17.6 Å². The van der Waals surface area contributed by atoms with Crippen molar-refractivity contribution < 1.29 is 23.8 Å². The molecule has 8 heteroatoms. The lowest BCUT2D eigenvalue weighted by Crippen LogP contribution is -2.48. The van der Waals surface area contributed by atoms with Gasteiger partial charge in [-0.25, -0.2) is 4.39 Å². The zero-order chi connectivity index (χ0) is 22.7. The number of carbonyl (C=O) groups excluding carboxylic acids is 2. The summed E-state index contributed by atoms with van der Waals surface area (Å²) in [4.78, 5) is 32.0. The van der Waals surface area contributed by atoms with Crippen LogP contribution >= 0.6 is 0 Å². The van der Waals surface area contributed by atoms with Crippen LogP contribution in [0.3, 0.4) is 0 Å². The Morgan fingerprint density at radius 3 is 2.28 bits per heavy atom. The Morgan fingerprint density at radius 2 is 1.66 bits per heavy atom. The van der Waals surface area contributed by atoms with Crippen LogP contribution in [-0.2, 0) is 16.1 Å².